The van der Waals surface area contributed by atoms with Crippen molar-refractivity contribution in [3.63, 3.8) is 0 Å². The first-order valence-corrected chi connectivity index (χ1v) is 5.70. The summed E-state index contributed by atoms with van der Waals surface area (Å²) in [6.45, 7) is 6.34. The molecule has 0 aromatic heterocycles. The van der Waals surface area contributed by atoms with E-state index in [0.29, 0.717) is 19.4 Å². The molecule has 6 heteroatoms. The van der Waals surface area contributed by atoms with Gasteiger partial charge in [-0.25, -0.2) is 0 Å². The number of carbonyl (C=O) groups excluding carboxylic acids is 2. The molecule has 0 aromatic carbocycles. The van der Waals surface area contributed by atoms with Gasteiger partial charge in [0.1, 0.15) is 6.04 Å². The fraction of sp³-hybridized carbons (Fsp3) is 0.818. The fourth-order valence-corrected chi connectivity index (χ4v) is 1.61. The highest BCUT2D eigenvalue weighted by Gasteiger charge is 2.34. The number of halogens is 1. The summed E-state index contributed by atoms with van der Waals surface area (Å²) in [7, 11) is 0. The molecule has 17 heavy (non-hydrogen) atoms. The maximum Gasteiger partial charge on any atom is 0.243 e. The molecule has 4 N–H and O–H groups in total. The van der Waals surface area contributed by atoms with E-state index in [2.05, 4.69) is 10.6 Å². The van der Waals surface area contributed by atoms with Crippen molar-refractivity contribution in [2.45, 2.75) is 45.2 Å². The van der Waals surface area contributed by atoms with Gasteiger partial charge >= 0.3 is 0 Å². The SMILES string of the molecule is CC(C)C(C)(CN)NC(=O)C1CCC(=O)N1.Cl. The molecule has 5 nitrogen and oxygen atoms in total. The molecule has 1 fully saturated rings. The van der Waals surface area contributed by atoms with E-state index in [-0.39, 0.29) is 30.1 Å². The van der Waals surface area contributed by atoms with Gasteiger partial charge in [0.15, 0.2) is 0 Å². The standard InChI is InChI=1S/C11H21N3O2.ClH/c1-7(2)11(3,6-12)14-10(16)8-4-5-9(15)13-8;/h7-8H,4-6,12H2,1-3H3,(H,13,15)(H,14,16);1H. The van der Waals surface area contributed by atoms with E-state index in [0.717, 1.165) is 0 Å². The van der Waals surface area contributed by atoms with Crippen molar-refractivity contribution in [2.75, 3.05) is 6.54 Å². The van der Waals surface area contributed by atoms with Gasteiger partial charge in [-0.15, -0.1) is 12.4 Å². The summed E-state index contributed by atoms with van der Waals surface area (Å²) < 4.78 is 0. The van der Waals surface area contributed by atoms with Gasteiger partial charge in [0.25, 0.3) is 0 Å². The molecular weight excluding hydrogens is 242 g/mol. The van der Waals surface area contributed by atoms with E-state index in [9.17, 15) is 9.59 Å². The topological polar surface area (TPSA) is 84.2 Å². The monoisotopic (exact) mass is 263 g/mol. The Bertz CT molecular complexity index is 296. The number of amides is 2. The molecule has 0 saturated carbocycles. The molecule has 1 rings (SSSR count). The van der Waals surface area contributed by atoms with E-state index >= 15 is 0 Å². The molecule has 0 bridgehead atoms. The average molecular weight is 264 g/mol. The molecule has 1 saturated heterocycles. The number of nitrogens with two attached hydrogens (primary N) is 1. The Morgan fingerprint density at radius 1 is 1.65 bits per heavy atom. The lowest BCUT2D eigenvalue weighted by Gasteiger charge is -2.34. The second-order valence-corrected chi connectivity index (χ2v) is 4.92. The summed E-state index contributed by atoms with van der Waals surface area (Å²) in [6.07, 6.45) is 1.00. The first-order chi connectivity index (χ1) is 7.39. The van der Waals surface area contributed by atoms with E-state index in [4.69, 9.17) is 5.73 Å². The zero-order valence-corrected chi connectivity index (χ0v) is 11.4. The van der Waals surface area contributed by atoms with E-state index < -0.39 is 11.6 Å². The summed E-state index contributed by atoms with van der Waals surface area (Å²) in [5.41, 5.74) is 5.27. The van der Waals surface area contributed by atoms with Gasteiger partial charge in [-0.3, -0.25) is 9.59 Å². The van der Waals surface area contributed by atoms with Crippen LogP contribution in [0, 0.1) is 5.92 Å². The second kappa shape index (κ2) is 6.21. The van der Waals surface area contributed by atoms with Crippen LogP contribution in [0.15, 0.2) is 0 Å². The number of carbonyl (C=O) groups is 2. The molecule has 2 atom stereocenters. The smallest absolute Gasteiger partial charge is 0.243 e. The van der Waals surface area contributed by atoms with Crippen LogP contribution in [-0.4, -0.2) is 29.9 Å². The quantitative estimate of drug-likeness (QED) is 0.676. The van der Waals surface area contributed by atoms with Crippen LogP contribution in [0.4, 0.5) is 0 Å². The zero-order valence-electron chi connectivity index (χ0n) is 10.6. The number of rotatable bonds is 4. The second-order valence-electron chi connectivity index (χ2n) is 4.92. The molecule has 0 aromatic rings. The van der Waals surface area contributed by atoms with Crippen LogP contribution in [0.2, 0.25) is 0 Å². The third-order valence-corrected chi connectivity index (χ3v) is 3.42. The summed E-state index contributed by atoms with van der Waals surface area (Å²) in [6, 6.07) is -0.392. The van der Waals surface area contributed by atoms with E-state index in [1.54, 1.807) is 0 Å². The summed E-state index contributed by atoms with van der Waals surface area (Å²) in [5, 5.41) is 5.57. The van der Waals surface area contributed by atoms with Crippen LogP contribution in [0.25, 0.3) is 0 Å². The Kier molecular flexibility index (Phi) is 5.92. The lowest BCUT2D eigenvalue weighted by atomic mass is 9.88. The molecule has 0 aliphatic carbocycles. The third kappa shape index (κ3) is 3.85. The third-order valence-electron chi connectivity index (χ3n) is 3.42. The molecule has 1 heterocycles. The van der Waals surface area contributed by atoms with Crippen LogP contribution < -0.4 is 16.4 Å². The minimum absolute atomic E-state index is 0. The zero-order chi connectivity index (χ0) is 12.3. The van der Waals surface area contributed by atoms with Crippen molar-refractivity contribution in [2.24, 2.45) is 11.7 Å². The Morgan fingerprint density at radius 2 is 2.24 bits per heavy atom. The van der Waals surface area contributed by atoms with Crippen LogP contribution in [0.3, 0.4) is 0 Å². The number of hydrogen-bond acceptors (Lipinski definition) is 3. The van der Waals surface area contributed by atoms with Gasteiger partial charge in [0.2, 0.25) is 11.8 Å². The molecule has 0 radical (unpaired) electrons. The highest BCUT2D eigenvalue weighted by Crippen LogP contribution is 2.16. The predicted octanol–water partition coefficient (Wildman–Crippen LogP) is 0.176. The van der Waals surface area contributed by atoms with Crippen molar-refractivity contribution >= 4 is 24.2 Å². The molecule has 2 unspecified atom stereocenters. The van der Waals surface area contributed by atoms with Crippen LogP contribution in [0.1, 0.15) is 33.6 Å². The highest BCUT2D eigenvalue weighted by atomic mass is 35.5. The Balaban J connectivity index is 0.00000256. The van der Waals surface area contributed by atoms with Crippen LogP contribution >= 0.6 is 12.4 Å². The molecule has 0 spiro atoms. The minimum Gasteiger partial charge on any atom is -0.348 e. The van der Waals surface area contributed by atoms with Gasteiger partial charge < -0.3 is 16.4 Å². The fourth-order valence-electron chi connectivity index (χ4n) is 1.61. The summed E-state index contributed by atoms with van der Waals surface area (Å²) in [5.74, 6) is 0.0604. The van der Waals surface area contributed by atoms with Crippen LogP contribution in [-0.2, 0) is 9.59 Å². The molecular formula is C11H22ClN3O2. The Labute approximate surface area is 108 Å². The molecule has 100 valence electrons. The number of hydrogen-bond donors (Lipinski definition) is 3. The van der Waals surface area contributed by atoms with Crippen molar-refractivity contribution in [1.29, 1.82) is 0 Å². The van der Waals surface area contributed by atoms with E-state index in [1.807, 2.05) is 20.8 Å². The van der Waals surface area contributed by atoms with Gasteiger partial charge in [-0.2, -0.15) is 0 Å². The Hall–Kier alpha value is -0.810. The minimum atomic E-state index is -0.412. The molecule has 2 amide bonds. The molecule has 1 aliphatic rings. The lowest BCUT2D eigenvalue weighted by Crippen LogP contribution is -2.58. The van der Waals surface area contributed by atoms with Crippen molar-refractivity contribution < 1.29 is 9.59 Å². The maximum absolute atomic E-state index is 11.9. The van der Waals surface area contributed by atoms with Gasteiger partial charge in [0, 0.05) is 13.0 Å². The van der Waals surface area contributed by atoms with Crippen LogP contribution in [0.5, 0.6) is 0 Å². The van der Waals surface area contributed by atoms with Gasteiger partial charge in [0.05, 0.1) is 5.54 Å². The first kappa shape index (κ1) is 16.2. The predicted molar refractivity (Wildman–Crippen MR) is 68.9 cm³/mol. The van der Waals surface area contributed by atoms with Gasteiger partial charge in [-0.05, 0) is 19.3 Å². The van der Waals surface area contributed by atoms with Gasteiger partial charge in [-0.1, -0.05) is 13.8 Å². The molecule has 1 aliphatic heterocycles. The summed E-state index contributed by atoms with van der Waals surface area (Å²) >= 11 is 0. The normalized spacial score (nSPS) is 22.6. The first-order valence-electron chi connectivity index (χ1n) is 5.70. The van der Waals surface area contributed by atoms with Crippen molar-refractivity contribution in [3.05, 3.63) is 0 Å². The van der Waals surface area contributed by atoms with Crippen molar-refractivity contribution in [3.8, 4) is 0 Å². The maximum atomic E-state index is 11.9. The average Bonchev–Trinajstić information content (AvgIpc) is 2.64. The lowest BCUT2D eigenvalue weighted by molar-refractivity contribution is -0.127. The Morgan fingerprint density at radius 3 is 2.59 bits per heavy atom. The summed E-state index contributed by atoms with van der Waals surface area (Å²) in [4.78, 5) is 22.9. The highest BCUT2D eigenvalue weighted by molar-refractivity contribution is 5.91. The number of nitrogens with one attached hydrogen (secondary N) is 2. The largest absolute Gasteiger partial charge is 0.348 e. The van der Waals surface area contributed by atoms with E-state index in [1.165, 1.54) is 0 Å². The van der Waals surface area contributed by atoms with Crippen molar-refractivity contribution in [1.82, 2.24) is 10.6 Å².